The summed E-state index contributed by atoms with van der Waals surface area (Å²) in [6.07, 6.45) is 1.99. The van der Waals surface area contributed by atoms with Crippen molar-refractivity contribution in [1.82, 2.24) is 5.43 Å². The fourth-order valence-corrected chi connectivity index (χ4v) is 1.92. The van der Waals surface area contributed by atoms with Gasteiger partial charge in [-0.2, -0.15) is 5.10 Å². The number of hydrogen-bond acceptors (Lipinski definition) is 4. The number of aliphatic hydroxyl groups excluding tert-OH is 1. The van der Waals surface area contributed by atoms with Crippen LogP contribution in [-0.4, -0.2) is 29.4 Å². The SMILES string of the molecule is CC1CCC(c2ccc([B]O)c(CO)c2)=NN1. The minimum Gasteiger partial charge on any atom is -0.450 e. The molecule has 1 atom stereocenters. The van der Waals surface area contributed by atoms with Crippen molar-refractivity contribution in [3.63, 3.8) is 0 Å². The van der Waals surface area contributed by atoms with E-state index in [9.17, 15) is 5.11 Å². The van der Waals surface area contributed by atoms with Gasteiger partial charge in [-0.1, -0.05) is 12.1 Å². The molecule has 0 aliphatic carbocycles. The first-order valence-electron chi connectivity index (χ1n) is 5.78. The summed E-state index contributed by atoms with van der Waals surface area (Å²) < 4.78 is 0. The van der Waals surface area contributed by atoms with Crippen LogP contribution in [0.5, 0.6) is 0 Å². The second kappa shape index (κ2) is 5.34. The van der Waals surface area contributed by atoms with Crippen LogP contribution in [0, 0.1) is 0 Å². The van der Waals surface area contributed by atoms with E-state index in [0.717, 1.165) is 31.6 Å². The van der Waals surface area contributed by atoms with Crippen molar-refractivity contribution in [3.05, 3.63) is 29.3 Å². The van der Waals surface area contributed by atoms with Gasteiger partial charge in [-0.3, -0.25) is 0 Å². The third kappa shape index (κ3) is 2.68. The zero-order valence-electron chi connectivity index (χ0n) is 9.85. The van der Waals surface area contributed by atoms with Crippen LogP contribution in [0.25, 0.3) is 0 Å². The summed E-state index contributed by atoms with van der Waals surface area (Å²) >= 11 is 0. The molecule has 1 aromatic rings. The zero-order valence-corrected chi connectivity index (χ0v) is 9.85. The molecule has 0 saturated carbocycles. The number of nitrogens with zero attached hydrogens (tertiary/aromatic N) is 1. The molecule has 0 fully saturated rings. The summed E-state index contributed by atoms with van der Waals surface area (Å²) in [4.78, 5) is 0. The van der Waals surface area contributed by atoms with Crippen LogP contribution in [0.1, 0.15) is 30.9 Å². The van der Waals surface area contributed by atoms with Crippen LogP contribution < -0.4 is 10.9 Å². The topological polar surface area (TPSA) is 64.8 Å². The molecule has 1 heterocycles. The molecule has 0 aromatic heterocycles. The molecular weight excluding hydrogens is 215 g/mol. The van der Waals surface area contributed by atoms with Gasteiger partial charge < -0.3 is 15.6 Å². The minimum absolute atomic E-state index is 0.0860. The van der Waals surface area contributed by atoms with Gasteiger partial charge in [-0.05, 0) is 42.4 Å². The standard InChI is InChI=1S/C12H16BN2O2/c1-8-2-5-12(15-14-8)9-3-4-11(13-17)10(6-9)7-16/h3-4,6,8,14,16-17H,2,5,7H2,1H3. The Morgan fingerprint density at radius 1 is 1.53 bits per heavy atom. The van der Waals surface area contributed by atoms with E-state index >= 15 is 0 Å². The van der Waals surface area contributed by atoms with Crippen LogP contribution in [0.15, 0.2) is 23.3 Å². The number of hydrazone groups is 1. The van der Waals surface area contributed by atoms with Crippen LogP contribution in [0.4, 0.5) is 0 Å². The van der Waals surface area contributed by atoms with E-state index < -0.39 is 0 Å². The van der Waals surface area contributed by atoms with Crippen molar-refractivity contribution in [2.45, 2.75) is 32.4 Å². The Morgan fingerprint density at radius 3 is 2.94 bits per heavy atom. The normalized spacial score (nSPS) is 19.5. The Kier molecular flexibility index (Phi) is 3.81. The fraction of sp³-hybridized carbons (Fsp3) is 0.417. The van der Waals surface area contributed by atoms with Crippen LogP contribution in [0.3, 0.4) is 0 Å². The van der Waals surface area contributed by atoms with Gasteiger partial charge in [0.1, 0.15) is 0 Å². The monoisotopic (exact) mass is 231 g/mol. The first-order valence-corrected chi connectivity index (χ1v) is 5.78. The Bertz CT molecular complexity index is 435. The Balaban J connectivity index is 2.27. The second-order valence-electron chi connectivity index (χ2n) is 4.33. The van der Waals surface area contributed by atoms with Gasteiger partial charge in [-0.15, -0.1) is 0 Å². The van der Waals surface area contributed by atoms with Gasteiger partial charge in [0.05, 0.1) is 12.3 Å². The zero-order chi connectivity index (χ0) is 12.3. The average molecular weight is 231 g/mol. The van der Waals surface area contributed by atoms with Gasteiger partial charge >= 0.3 is 7.48 Å². The quantitative estimate of drug-likeness (QED) is 0.636. The summed E-state index contributed by atoms with van der Waals surface area (Å²) in [6, 6.07) is 6.00. The predicted molar refractivity (Wildman–Crippen MR) is 68.3 cm³/mol. The Morgan fingerprint density at radius 2 is 2.35 bits per heavy atom. The highest BCUT2D eigenvalue weighted by atomic mass is 16.3. The molecule has 5 heteroatoms. The molecule has 2 rings (SSSR count). The maximum atomic E-state index is 9.23. The molecule has 0 spiro atoms. The molecule has 0 saturated heterocycles. The van der Waals surface area contributed by atoms with Gasteiger partial charge in [0, 0.05) is 6.04 Å². The summed E-state index contributed by atoms with van der Waals surface area (Å²) in [5, 5.41) is 22.6. The summed E-state index contributed by atoms with van der Waals surface area (Å²) in [5.41, 5.74) is 6.43. The highest BCUT2D eigenvalue weighted by Crippen LogP contribution is 2.13. The van der Waals surface area contributed by atoms with E-state index in [1.807, 2.05) is 12.1 Å². The molecule has 89 valence electrons. The van der Waals surface area contributed by atoms with Crippen molar-refractivity contribution in [2.24, 2.45) is 5.10 Å². The van der Waals surface area contributed by atoms with Crippen LogP contribution in [-0.2, 0) is 6.61 Å². The Labute approximate surface area is 102 Å². The molecule has 0 bridgehead atoms. The highest BCUT2D eigenvalue weighted by Gasteiger charge is 2.14. The van der Waals surface area contributed by atoms with E-state index in [-0.39, 0.29) is 6.61 Å². The summed E-state index contributed by atoms with van der Waals surface area (Å²) in [6.45, 7) is 2.01. The average Bonchev–Trinajstić information content (AvgIpc) is 2.39. The van der Waals surface area contributed by atoms with Gasteiger partial charge in [-0.25, -0.2) is 0 Å². The largest absolute Gasteiger partial charge is 0.450 e. The van der Waals surface area contributed by atoms with Gasteiger partial charge in [0.15, 0.2) is 0 Å². The number of rotatable bonds is 3. The molecule has 1 aliphatic heterocycles. The number of benzene rings is 1. The lowest BCUT2D eigenvalue weighted by molar-refractivity contribution is 0.282. The molecule has 17 heavy (non-hydrogen) atoms. The van der Waals surface area contributed by atoms with E-state index in [4.69, 9.17) is 5.02 Å². The van der Waals surface area contributed by atoms with Crippen molar-refractivity contribution in [1.29, 1.82) is 0 Å². The van der Waals surface area contributed by atoms with E-state index in [2.05, 4.69) is 17.5 Å². The molecule has 4 nitrogen and oxygen atoms in total. The highest BCUT2D eigenvalue weighted by molar-refractivity contribution is 6.46. The lowest BCUT2D eigenvalue weighted by atomic mass is 9.83. The molecule has 3 N–H and O–H groups in total. The van der Waals surface area contributed by atoms with E-state index in [1.54, 1.807) is 6.07 Å². The Hall–Kier alpha value is -1.33. The number of nitrogens with one attached hydrogen (secondary N) is 1. The van der Waals surface area contributed by atoms with Gasteiger partial charge in [0.25, 0.3) is 0 Å². The molecule has 1 aromatic carbocycles. The first kappa shape index (κ1) is 12.1. The maximum absolute atomic E-state index is 9.23. The van der Waals surface area contributed by atoms with Crippen LogP contribution in [0.2, 0.25) is 0 Å². The third-order valence-electron chi connectivity index (χ3n) is 3.02. The van der Waals surface area contributed by atoms with E-state index in [1.165, 1.54) is 0 Å². The van der Waals surface area contributed by atoms with E-state index in [0.29, 0.717) is 17.1 Å². The molecule has 1 aliphatic rings. The van der Waals surface area contributed by atoms with Crippen molar-refractivity contribution in [3.8, 4) is 0 Å². The first-order chi connectivity index (χ1) is 8.24. The maximum Gasteiger partial charge on any atom is 0.327 e. The molecule has 1 unspecified atom stereocenters. The lowest BCUT2D eigenvalue weighted by Gasteiger charge is -2.19. The smallest absolute Gasteiger partial charge is 0.327 e. The van der Waals surface area contributed by atoms with Crippen molar-refractivity contribution in [2.75, 3.05) is 0 Å². The van der Waals surface area contributed by atoms with Crippen molar-refractivity contribution >= 4 is 18.7 Å². The fourth-order valence-electron chi connectivity index (χ4n) is 1.92. The van der Waals surface area contributed by atoms with Gasteiger partial charge in [0.2, 0.25) is 0 Å². The number of aliphatic hydroxyl groups is 1. The predicted octanol–water partition coefficient (Wildman–Crippen LogP) is -0.108. The summed E-state index contributed by atoms with van der Waals surface area (Å²) in [7, 11) is 1.01. The molecule has 0 amide bonds. The third-order valence-corrected chi connectivity index (χ3v) is 3.02. The lowest BCUT2D eigenvalue weighted by Crippen LogP contribution is -2.29. The molecule has 1 radical (unpaired) electrons. The second-order valence-corrected chi connectivity index (χ2v) is 4.33. The minimum atomic E-state index is -0.0860. The number of hydrogen-bond donors (Lipinski definition) is 3. The van der Waals surface area contributed by atoms with Crippen LogP contribution >= 0.6 is 0 Å². The molecular formula is C12H16BN2O2. The summed E-state index contributed by atoms with van der Waals surface area (Å²) in [5.74, 6) is 0. The van der Waals surface area contributed by atoms with Crippen molar-refractivity contribution < 1.29 is 10.1 Å².